The Bertz CT molecular complexity index is 714. The fraction of sp³-hybridized carbons (Fsp3) is 0.350. The smallest absolute Gasteiger partial charge is 0.226 e. The number of aromatic nitrogens is 1. The molecule has 132 valence electrons. The van der Waals surface area contributed by atoms with Crippen LogP contribution in [0.5, 0.6) is 0 Å². The molecule has 0 spiro atoms. The van der Waals surface area contributed by atoms with Gasteiger partial charge in [-0.3, -0.25) is 14.6 Å². The first-order chi connectivity index (χ1) is 12.0. The van der Waals surface area contributed by atoms with Crippen LogP contribution in [0.4, 0.5) is 5.69 Å². The lowest BCUT2D eigenvalue weighted by molar-refractivity contribution is -0.129. The van der Waals surface area contributed by atoms with Crippen LogP contribution < -0.4 is 5.32 Å². The predicted octanol–water partition coefficient (Wildman–Crippen LogP) is 3.58. The predicted molar refractivity (Wildman–Crippen MR) is 99.1 cm³/mol. The molecule has 0 aliphatic rings. The third kappa shape index (κ3) is 5.71. The van der Waals surface area contributed by atoms with E-state index in [1.165, 1.54) is 6.92 Å². The van der Waals surface area contributed by atoms with Gasteiger partial charge in [-0.25, -0.2) is 0 Å². The first-order valence-electron chi connectivity index (χ1n) is 8.50. The molecule has 1 aromatic heterocycles. The minimum absolute atomic E-state index is 0.0489. The standard InChI is InChI=1S/C20H25N3O2/c1-15(2)18-6-4-5-7-19(18)22-20(25)10-13-23(16(3)24)14-17-8-11-21-12-9-17/h4-9,11-12,15H,10,13-14H2,1-3H3,(H,22,25). The van der Waals surface area contributed by atoms with Gasteiger partial charge in [0.1, 0.15) is 0 Å². The van der Waals surface area contributed by atoms with Crippen molar-refractivity contribution in [3.63, 3.8) is 0 Å². The van der Waals surface area contributed by atoms with Gasteiger partial charge < -0.3 is 10.2 Å². The van der Waals surface area contributed by atoms with Gasteiger partial charge in [-0.15, -0.1) is 0 Å². The lowest BCUT2D eigenvalue weighted by Gasteiger charge is -2.21. The molecule has 0 aliphatic carbocycles. The second-order valence-electron chi connectivity index (χ2n) is 6.34. The highest BCUT2D eigenvalue weighted by Crippen LogP contribution is 2.23. The van der Waals surface area contributed by atoms with Gasteiger partial charge in [-0.05, 0) is 35.2 Å². The number of rotatable bonds is 7. The number of benzene rings is 1. The van der Waals surface area contributed by atoms with Crippen molar-refractivity contribution in [1.29, 1.82) is 0 Å². The average Bonchev–Trinajstić information content (AvgIpc) is 2.59. The van der Waals surface area contributed by atoms with E-state index in [0.717, 1.165) is 16.8 Å². The lowest BCUT2D eigenvalue weighted by atomic mass is 10.0. The Morgan fingerprint density at radius 1 is 1.12 bits per heavy atom. The van der Waals surface area contributed by atoms with Crippen LogP contribution in [0.15, 0.2) is 48.8 Å². The summed E-state index contributed by atoms with van der Waals surface area (Å²) in [5.74, 6) is 0.193. The van der Waals surface area contributed by atoms with Crippen LogP contribution in [0.3, 0.4) is 0 Å². The Morgan fingerprint density at radius 2 is 1.80 bits per heavy atom. The Balaban J connectivity index is 1.94. The molecule has 25 heavy (non-hydrogen) atoms. The Labute approximate surface area is 149 Å². The molecular formula is C20H25N3O2. The van der Waals surface area contributed by atoms with E-state index in [1.807, 2.05) is 36.4 Å². The zero-order valence-corrected chi connectivity index (χ0v) is 15.0. The Kier molecular flexibility index (Phi) is 6.69. The van der Waals surface area contributed by atoms with Gasteiger partial charge in [0.05, 0.1) is 0 Å². The highest BCUT2D eigenvalue weighted by Gasteiger charge is 2.13. The molecule has 2 amide bonds. The SMILES string of the molecule is CC(=O)N(CCC(=O)Nc1ccccc1C(C)C)Cc1ccncc1. The lowest BCUT2D eigenvalue weighted by Crippen LogP contribution is -2.31. The Hall–Kier alpha value is -2.69. The molecule has 1 N–H and O–H groups in total. The monoisotopic (exact) mass is 339 g/mol. The highest BCUT2D eigenvalue weighted by molar-refractivity contribution is 5.92. The number of nitrogens with one attached hydrogen (secondary N) is 1. The van der Waals surface area contributed by atoms with E-state index in [0.29, 0.717) is 19.0 Å². The van der Waals surface area contributed by atoms with E-state index >= 15 is 0 Å². The number of hydrogen-bond acceptors (Lipinski definition) is 3. The summed E-state index contributed by atoms with van der Waals surface area (Å²) >= 11 is 0. The van der Waals surface area contributed by atoms with Crippen molar-refractivity contribution >= 4 is 17.5 Å². The van der Waals surface area contributed by atoms with Crippen LogP contribution in [-0.4, -0.2) is 28.2 Å². The maximum absolute atomic E-state index is 12.3. The van der Waals surface area contributed by atoms with Crippen molar-refractivity contribution in [2.24, 2.45) is 0 Å². The zero-order valence-electron chi connectivity index (χ0n) is 15.0. The number of pyridine rings is 1. The topological polar surface area (TPSA) is 62.3 Å². The molecule has 0 radical (unpaired) electrons. The van der Waals surface area contributed by atoms with E-state index in [-0.39, 0.29) is 18.2 Å². The summed E-state index contributed by atoms with van der Waals surface area (Å²) in [5.41, 5.74) is 2.94. The third-order valence-corrected chi connectivity index (χ3v) is 4.03. The van der Waals surface area contributed by atoms with Crippen molar-refractivity contribution in [2.75, 3.05) is 11.9 Å². The van der Waals surface area contributed by atoms with Crippen molar-refractivity contribution in [2.45, 2.75) is 39.7 Å². The molecule has 1 aromatic carbocycles. The van der Waals surface area contributed by atoms with E-state index in [2.05, 4.69) is 24.1 Å². The maximum Gasteiger partial charge on any atom is 0.226 e. The molecule has 0 saturated carbocycles. The summed E-state index contributed by atoms with van der Waals surface area (Å²) in [4.78, 5) is 29.8. The third-order valence-electron chi connectivity index (χ3n) is 4.03. The van der Waals surface area contributed by atoms with E-state index in [1.54, 1.807) is 17.3 Å². The number of amides is 2. The van der Waals surface area contributed by atoms with Gasteiger partial charge >= 0.3 is 0 Å². The first-order valence-corrected chi connectivity index (χ1v) is 8.50. The van der Waals surface area contributed by atoms with Crippen molar-refractivity contribution in [1.82, 2.24) is 9.88 Å². The summed E-state index contributed by atoms with van der Waals surface area (Å²) < 4.78 is 0. The van der Waals surface area contributed by atoms with E-state index in [4.69, 9.17) is 0 Å². The normalized spacial score (nSPS) is 10.6. The number of carbonyl (C=O) groups excluding carboxylic acids is 2. The van der Waals surface area contributed by atoms with Crippen molar-refractivity contribution in [3.8, 4) is 0 Å². The number of anilines is 1. The number of para-hydroxylation sites is 1. The second-order valence-corrected chi connectivity index (χ2v) is 6.34. The van der Waals surface area contributed by atoms with Crippen LogP contribution in [0, 0.1) is 0 Å². The minimum atomic E-state index is -0.0888. The Morgan fingerprint density at radius 3 is 2.44 bits per heavy atom. The first kappa shape index (κ1) is 18.6. The van der Waals surface area contributed by atoms with Gasteiger partial charge in [0.2, 0.25) is 11.8 Å². The molecule has 0 bridgehead atoms. The molecule has 0 unspecified atom stereocenters. The average molecular weight is 339 g/mol. The fourth-order valence-corrected chi connectivity index (χ4v) is 2.62. The molecular weight excluding hydrogens is 314 g/mol. The molecule has 0 fully saturated rings. The molecule has 0 aliphatic heterocycles. The van der Waals surface area contributed by atoms with Crippen LogP contribution in [0.1, 0.15) is 44.2 Å². The number of carbonyl (C=O) groups is 2. The molecule has 5 heteroatoms. The van der Waals surface area contributed by atoms with Crippen molar-refractivity contribution < 1.29 is 9.59 Å². The van der Waals surface area contributed by atoms with Gasteiger partial charge in [0, 0.05) is 44.5 Å². The van der Waals surface area contributed by atoms with Gasteiger partial charge in [-0.2, -0.15) is 0 Å². The van der Waals surface area contributed by atoms with Crippen LogP contribution in [-0.2, 0) is 16.1 Å². The number of hydrogen-bond donors (Lipinski definition) is 1. The van der Waals surface area contributed by atoms with Crippen LogP contribution in [0.25, 0.3) is 0 Å². The number of nitrogens with zero attached hydrogens (tertiary/aromatic N) is 2. The van der Waals surface area contributed by atoms with Gasteiger partial charge in [-0.1, -0.05) is 32.0 Å². The molecule has 2 rings (SSSR count). The summed E-state index contributed by atoms with van der Waals surface area (Å²) in [5, 5.41) is 2.96. The van der Waals surface area contributed by atoms with Gasteiger partial charge in [0.15, 0.2) is 0 Å². The minimum Gasteiger partial charge on any atom is -0.338 e. The van der Waals surface area contributed by atoms with E-state index in [9.17, 15) is 9.59 Å². The molecule has 2 aromatic rings. The molecule has 1 heterocycles. The molecule has 5 nitrogen and oxygen atoms in total. The molecule has 0 atom stereocenters. The second kappa shape index (κ2) is 8.97. The largest absolute Gasteiger partial charge is 0.338 e. The molecule has 0 saturated heterocycles. The van der Waals surface area contributed by atoms with Crippen molar-refractivity contribution in [3.05, 3.63) is 59.9 Å². The zero-order chi connectivity index (χ0) is 18.2. The fourth-order valence-electron chi connectivity index (χ4n) is 2.62. The van der Waals surface area contributed by atoms with Crippen LogP contribution in [0.2, 0.25) is 0 Å². The summed E-state index contributed by atoms with van der Waals surface area (Å²) in [6, 6.07) is 11.5. The summed E-state index contributed by atoms with van der Waals surface area (Å²) in [6.45, 7) is 6.57. The van der Waals surface area contributed by atoms with Crippen LogP contribution >= 0.6 is 0 Å². The summed E-state index contributed by atoms with van der Waals surface area (Å²) in [6.07, 6.45) is 3.66. The van der Waals surface area contributed by atoms with E-state index < -0.39 is 0 Å². The quantitative estimate of drug-likeness (QED) is 0.838. The van der Waals surface area contributed by atoms with Gasteiger partial charge in [0.25, 0.3) is 0 Å². The maximum atomic E-state index is 12.3. The summed E-state index contributed by atoms with van der Waals surface area (Å²) in [7, 11) is 0. The highest BCUT2D eigenvalue weighted by atomic mass is 16.2.